The van der Waals surface area contributed by atoms with Crippen LogP contribution < -0.4 is 20.1 Å². The molecule has 31 heavy (non-hydrogen) atoms. The first-order valence-electron chi connectivity index (χ1n) is 9.34. The van der Waals surface area contributed by atoms with Gasteiger partial charge in [0.15, 0.2) is 5.82 Å². The number of ether oxygens (including phenoxy) is 2. The van der Waals surface area contributed by atoms with Crippen LogP contribution in [0.4, 0.5) is 11.5 Å². The molecule has 8 nitrogen and oxygen atoms in total. The second-order valence-corrected chi connectivity index (χ2v) is 7.51. The highest BCUT2D eigenvalue weighted by Gasteiger charge is 2.10. The Balaban J connectivity index is 1.52. The van der Waals surface area contributed by atoms with Crippen LogP contribution in [0.15, 0.2) is 59.6 Å². The average molecular weight is 439 g/mol. The standard InChI is InChI=1S/C22H22N4O4S/c1-14-4-6-15(7-5-14)22(28)24-19-8-9-21(26-25-19)31-13-20(27)23-16-10-17(29-2)12-18(11-16)30-3/h4-12H,13H2,1-3H3,(H,23,27)(H,24,25,28). The SMILES string of the molecule is COc1cc(NC(=O)CSc2ccc(NC(=O)c3ccc(C)cc3)nn2)cc(OC)c1. The van der Waals surface area contributed by atoms with E-state index in [4.69, 9.17) is 9.47 Å². The van der Waals surface area contributed by atoms with Gasteiger partial charge < -0.3 is 20.1 Å². The van der Waals surface area contributed by atoms with Gasteiger partial charge in [0.25, 0.3) is 5.91 Å². The molecule has 0 saturated heterocycles. The summed E-state index contributed by atoms with van der Waals surface area (Å²) in [7, 11) is 3.09. The minimum Gasteiger partial charge on any atom is -0.497 e. The predicted molar refractivity (Wildman–Crippen MR) is 120 cm³/mol. The van der Waals surface area contributed by atoms with Gasteiger partial charge >= 0.3 is 0 Å². The number of thioether (sulfide) groups is 1. The summed E-state index contributed by atoms with van der Waals surface area (Å²) in [6, 6.07) is 15.7. The number of rotatable bonds is 8. The number of nitrogens with one attached hydrogen (secondary N) is 2. The Labute approximate surface area is 184 Å². The summed E-state index contributed by atoms with van der Waals surface area (Å²) in [5, 5.41) is 14.1. The quantitative estimate of drug-likeness (QED) is 0.516. The van der Waals surface area contributed by atoms with E-state index in [0.29, 0.717) is 33.6 Å². The monoisotopic (exact) mass is 438 g/mol. The second kappa shape index (κ2) is 10.4. The van der Waals surface area contributed by atoms with E-state index in [-0.39, 0.29) is 17.6 Å². The van der Waals surface area contributed by atoms with E-state index in [1.807, 2.05) is 19.1 Å². The van der Waals surface area contributed by atoms with E-state index in [2.05, 4.69) is 20.8 Å². The highest BCUT2D eigenvalue weighted by atomic mass is 32.2. The molecule has 0 aliphatic carbocycles. The highest BCUT2D eigenvalue weighted by Crippen LogP contribution is 2.26. The van der Waals surface area contributed by atoms with Crippen molar-refractivity contribution in [3.8, 4) is 11.5 Å². The zero-order chi connectivity index (χ0) is 22.2. The molecule has 0 aliphatic heterocycles. The summed E-state index contributed by atoms with van der Waals surface area (Å²) in [5.74, 6) is 1.17. The van der Waals surface area contributed by atoms with Gasteiger partial charge in [0.1, 0.15) is 16.5 Å². The van der Waals surface area contributed by atoms with Gasteiger partial charge in [-0.15, -0.1) is 10.2 Å². The molecule has 0 saturated carbocycles. The zero-order valence-electron chi connectivity index (χ0n) is 17.3. The number of amides is 2. The predicted octanol–water partition coefficient (Wildman–Crippen LogP) is 3.79. The number of methoxy groups -OCH3 is 2. The lowest BCUT2D eigenvalue weighted by molar-refractivity contribution is -0.113. The molecule has 1 heterocycles. The molecule has 0 atom stereocenters. The van der Waals surface area contributed by atoms with Crippen molar-refractivity contribution < 1.29 is 19.1 Å². The second-order valence-electron chi connectivity index (χ2n) is 6.52. The molecule has 9 heteroatoms. The molecule has 0 fully saturated rings. The van der Waals surface area contributed by atoms with Crippen molar-refractivity contribution in [1.82, 2.24) is 10.2 Å². The number of aromatic nitrogens is 2. The maximum atomic E-state index is 12.3. The number of carbonyl (C=O) groups excluding carboxylic acids is 2. The van der Waals surface area contributed by atoms with Crippen molar-refractivity contribution in [2.45, 2.75) is 11.9 Å². The lowest BCUT2D eigenvalue weighted by Gasteiger charge is -2.09. The number of carbonyl (C=O) groups is 2. The maximum absolute atomic E-state index is 12.3. The topological polar surface area (TPSA) is 102 Å². The lowest BCUT2D eigenvalue weighted by Crippen LogP contribution is -2.15. The summed E-state index contributed by atoms with van der Waals surface area (Å²) >= 11 is 1.23. The lowest BCUT2D eigenvalue weighted by atomic mass is 10.1. The number of hydrogen-bond donors (Lipinski definition) is 2. The first-order chi connectivity index (χ1) is 15.0. The van der Waals surface area contributed by atoms with Crippen LogP contribution in [0.25, 0.3) is 0 Å². The van der Waals surface area contributed by atoms with Crippen molar-refractivity contribution in [1.29, 1.82) is 0 Å². The molecule has 2 aromatic carbocycles. The minimum absolute atomic E-state index is 0.142. The van der Waals surface area contributed by atoms with Crippen LogP contribution >= 0.6 is 11.8 Å². The molecular weight excluding hydrogens is 416 g/mol. The molecule has 160 valence electrons. The average Bonchev–Trinajstić information content (AvgIpc) is 2.78. The van der Waals surface area contributed by atoms with Gasteiger partial charge in [-0.25, -0.2) is 0 Å². The van der Waals surface area contributed by atoms with Gasteiger partial charge in [0, 0.05) is 29.4 Å². The molecule has 3 rings (SSSR count). The van der Waals surface area contributed by atoms with Crippen LogP contribution in [0.2, 0.25) is 0 Å². The summed E-state index contributed by atoms with van der Waals surface area (Å²) in [5.41, 5.74) is 2.19. The molecule has 0 spiro atoms. The molecular formula is C22H22N4O4S. The highest BCUT2D eigenvalue weighted by molar-refractivity contribution is 7.99. The molecule has 0 radical (unpaired) electrons. The molecule has 2 N–H and O–H groups in total. The fraction of sp³-hybridized carbons (Fsp3) is 0.182. The number of aryl methyl sites for hydroxylation is 1. The van der Waals surface area contributed by atoms with Crippen LogP contribution in [-0.4, -0.2) is 42.0 Å². The van der Waals surface area contributed by atoms with Crippen molar-refractivity contribution in [3.05, 3.63) is 65.7 Å². The molecule has 2 amide bonds. The van der Waals surface area contributed by atoms with Crippen molar-refractivity contribution in [2.24, 2.45) is 0 Å². The summed E-state index contributed by atoms with van der Waals surface area (Å²) in [4.78, 5) is 24.5. The van der Waals surface area contributed by atoms with Crippen molar-refractivity contribution in [2.75, 3.05) is 30.6 Å². The number of anilines is 2. The Morgan fingerprint density at radius 1 is 0.903 bits per heavy atom. The Hall–Kier alpha value is -3.59. The smallest absolute Gasteiger partial charge is 0.256 e. The normalized spacial score (nSPS) is 10.3. The molecule has 1 aromatic heterocycles. The fourth-order valence-corrected chi connectivity index (χ4v) is 3.19. The van der Waals surface area contributed by atoms with E-state index in [0.717, 1.165) is 5.56 Å². The Bertz CT molecular complexity index is 1030. The van der Waals surface area contributed by atoms with E-state index in [9.17, 15) is 9.59 Å². The van der Waals surface area contributed by atoms with Gasteiger partial charge in [-0.2, -0.15) is 0 Å². The van der Waals surface area contributed by atoms with E-state index >= 15 is 0 Å². The summed E-state index contributed by atoms with van der Waals surface area (Å²) < 4.78 is 10.4. The minimum atomic E-state index is -0.261. The Morgan fingerprint density at radius 2 is 1.58 bits per heavy atom. The van der Waals surface area contributed by atoms with Crippen LogP contribution in [0, 0.1) is 6.92 Å². The van der Waals surface area contributed by atoms with E-state index in [1.54, 1.807) is 56.7 Å². The molecule has 0 bridgehead atoms. The van der Waals surface area contributed by atoms with Gasteiger partial charge in [0.05, 0.1) is 20.0 Å². The summed E-state index contributed by atoms with van der Waals surface area (Å²) in [6.45, 7) is 1.96. The van der Waals surface area contributed by atoms with E-state index < -0.39 is 0 Å². The largest absolute Gasteiger partial charge is 0.497 e. The molecule has 0 unspecified atom stereocenters. The van der Waals surface area contributed by atoms with Crippen molar-refractivity contribution in [3.63, 3.8) is 0 Å². The van der Waals surface area contributed by atoms with Gasteiger partial charge in [-0.1, -0.05) is 29.5 Å². The van der Waals surface area contributed by atoms with Gasteiger partial charge in [-0.3, -0.25) is 9.59 Å². The molecule has 3 aromatic rings. The van der Waals surface area contributed by atoms with Crippen LogP contribution in [0.5, 0.6) is 11.5 Å². The zero-order valence-corrected chi connectivity index (χ0v) is 18.2. The van der Waals surface area contributed by atoms with Gasteiger partial charge in [-0.05, 0) is 31.2 Å². The number of nitrogens with zero attached hydrogens (tertiary/aromatic N) is 2. The summed E-state index contributed by atoms with van der Waals surface area (Å²) in [6.07, 6.45) is 0. The first kappa shape index (κ1) is 22.1. The third-order valence-electron chi connectivity index (χ3n) is 4.18. The Kier molecular flexibility index (Phi) is 7.45. The van der Waals surface area contributed by atoms with E-state index in [1.165, 1.54) is 11.8 Å². The third kappa shape index (κ3) is 6.45. The molecule has 0 aliphatic rings. The van der Waals surface area contributed by atoms with Crippen molar-refractivity contribution >= 4 is 35.1 Å². The number of benzene rings is 2. The first-order valence-corrected chi connectivity index (χ1v) is 10.3. The number of hydrogen-bond acceptors (Lipinski definition) is 7. The van der Waals surface area contributed by atoms with Gasteiger partial charge in [0.2, 0.25) is 5.91 Å². The third-order valence-corrected chi connectivity index (χ3v) is 5.10. The van der Waals surface area contributed by atoms with Crippen LogP contribution in [0.3, 0.4) is 0 Å². The van der Waals surface area contributed by atoms with Crippen LogP contribution in [-0.2, 0) is 4.79 Å². The van der Waals surface area contributed by atoms with Crippen LogP contribution in [0.1, 0.15) is 15.9 Å². The fourth-order valence-electron chi connectivity index (χ4n) is 2.57. The maximum Gasteiger partial charge on any atom is 0.256 e. The Morgan fingerprint density at radius 3 is 2.16 bits per heavy atom.